The van der Waals surface area contributed by atoms with Crippen molar-refractivity contribution in [1.82, 2.24) is 15.2 Å². The second-order valence-electron chi connectivity index (χ2n) is 5.20. The van der Waals surface area contributed by atoms with Crippen LogP contribution in [0, 0.1) is 19.7 Å². The maximum Gasteiger partial charge on any atom is 0.194 e. The molecule has 2 aromatic rings. The summed E-state index contributed by atoms with van der Waals surface area (Å²) in [6, 6.07) is 5.13. The van der Waals surface area contributed by atoms with Crippen LogP contribution in [-0.4, -0.2) is 29.9 Å². The number of benzene rings is 1. The Balaban J connectivity index is 0.00000264. The molecule has 7 heteroatoms. The third-order valence-electron chi connectivity index (χ3n) is 3.31. The van der Waals surface area contributed by atoms with Gasteiger partial charge in [0.15, 0.2) is 5.96 Å². The Morgan fingerprint density at radius 2 is 2.13 bits per heavy atom. The van der Waals surface area contributed by atoms with E-state index in [2.05, 4.69) is 20.7 Å². The number of aryl methyl sites for hydroxylation is 2. The number of rotatable bonds is 4. The van der Waals surface area contributed by atoms with Gasteiger partial charge in [0.25, 0.3) is 0 Å². The first kappa shape index (κ1) is 19.8. The van der Waals surface area contributed by atoms with E-state index in [1.807, 2.05) is 24.9 Å². The number of halogens is 2. The van der Waals surface area contributed by atoms with Crippen molar-refractivity contribution in [2.24, 2.45) is 4.99 Å². The molecule has 1 aromatic heterocycles. The van der Waals surface area contributed by atoms with Gasteiger partial charge < -0.3 is 10.2 Å². The van der Waals surface area contributed by atoms with Gasteiger partial charge in [0.1, 0.15) is 5.82 Å². The van der Waals surface area contributed by atoms with Gasteiger partial charge in [-0.25, -0.2) is 9.37 Å². The van der Waals surface area contributed by atoms with Crippen LogP contribution in [0.15, 0.2) is 28.6 Å². The predicted octanol–water partition coefficient (Wildman–Crippen LogP) is 3.72. The number of guanidine groups is 1. The molecule has 0 bridgehead atoms. The van der Waals surface area contributed by atoms with Crippen molar-refractivity contribution in [2.75, 3.05) is 14.1 Å². The van der Waals surface area contributed by atoms with E-state index in [1.165, 1.54) is 6.07 Å². The summed E-state index contributed by atoms with van der Waals surface area (Å²) in [5.74, 6) is 0.608. The van der Waals surface area contributed by atoms with Crippen LogP contribution in [-0.2, 0) is 13.1 Å². The van der Waals surface area contributed by atoms with Gasteiger partial charge in [-0.15, -0.1) is 35.3 Å². The molecule has 0 fully saturated rings. The molecule has 0 atom stereocenters. The van der Waals surface area contributed by atoms with Gasteiger partial charge in [0, 0.05) is 26.0 Å². The Bertz CT molecular complexity index is 672. The molecule has 0 radical (unpaired) electrons. The Morgan fingerprint density at radius 3 is 2.70 bits per heavy atom. The molecule has 0 saturated carbocycles. The largest absolute Gasteiger partial charge is 0.352 e. The van der Waals surface area contributed by atoms with E-state index < -0.39 is 0 Å². The van der Waals surface area contributed by atoms with Crippen molar-refractivity contribution < 1.29 is 4.39 Å². The van der Waals surface area contributed by atoms with Gasteiger partial charge in [-0.1, -0.05) is 12.1 Å². The Kier molecular flexibility index (Phi) is 7.90. The third-order valence-corrected chi connectivity index (χ3v) is 4.13. The zero-order chi connectivity index (χ0) is 16.1. The fraction of sp³-hybridized carbons (Fsp3) is 0.375. The van der Waals surface area contributed by atoms with Crippen molar-refractivity contribution in [3.05, 3.63) is 51.2 Å². The van der Waals surface area contributed by atoms with Gasteiger partial charge >= 0.3 is 0 Å². The SMILES string of the molecule is CN=C(NCc1ccc(F)c(C)c1)N(C)Cc1csc(C)n1.I. The average molecular weight is 448 g/mol. The van der Waals surface area contributed by atoms with Crippen molar-refractivity contribution in [2.45, 2.75) is 26.9 Å². The number of hydrogen-bond donors (Lipinski definition) is 1. The lowest BCUT2D eigenvalue weighted by atomic mass is 10.1. The molecule has 1 heterocycles. The molecule has 0 amide bonds. The highest BCUT2D eigenvalue weighted by Gasteiger charge is 2.09. The molecule has 0 aliphatic rings. The van der Waals surface area contributed by atoms with Crippen LogP contribution in [0.3, 0.4) is 0 Å². The zero-order valence-corrected chi connectivity index (χ0v) is 16.9. The first-order chi connectivity index (χ1) is 10.5. The summed E-state index contributed by atoms with van der Waals surface area (Å²) in [7, 11) is 3.72. The quantitative estimate of drug-likeness (QED) is 0.441. The minimum absolute atomic E-state index is 0. The van der Waals surface area contributed by atoms with Gasteiger partial charge in [-0.3, -0.25) is 4.99 Å². The molecule has 0 saturated heterocycles. The molecule has 2 rings (SSSR count). The maximum absolute atomic E-state index is 13.3. The first-order valence-corrected chi connectivity index (χ1v) is 7.95. The van der Waals surface area contributed by atoms with Crippen LogP contribution in [0.4, 0.5) is 4.39 Å². The molecule has 1 N–H and O–H groups in total. The number of nitrogens with one attached hydrogen (secondary N) is 1. The van der Waals surface area contributed by atoms with Crippen molar-refractivity contribution >= 4 is 41.3 Å². The fourth-order valence-corrected chi connectivity index (χ4v) is 2.79. The van der Waals surface area contributed by atoms with Gasteiger partial charge in [-0.05, 0) is 31.0 Å². The van der Waals surface area contributed by atoms with Crippen molar-refractivity contribution in [3.8, 4) is 0 Å². The number of aliphatic imine (C=N–C) groups is 1. The molecule has 0 spiro atoms. The van der Waals surface area contributed by atoms with E-state index in [0.717, 1.165) is 22.2 Å². The Hall–Kier alpha value is -1.22. The lowest BCUT2D eigenvalue weighted by Crippen LogP contribution is -2.38. The standard InChI is InChI=1S/C16H21FN4S.HI/c1-11-7-13(5-6-15(11)17)8-19-16(18-3)21(4)9-14-10-22-12(2)20-14;/h5-7,10H,8-9H2,1-4H3,(H,18,19);1H. The first-order valence-electron chi connectivity index (χ1n) is 7.07. The zero-order valence-electron chi connectivity index (χ0n) is 13.8. The van der Waals surface area contributed by atoms with Crippen LogP contribution in [0.25, 0.3) is 0 Å². The number of thiazole rings is 1. The number of hydrogen-bond acceptors (Lipinski definition) is 3. The van der Waals surface area contributed by atoms with E-state index >= 15 is 0 Å². The normalized spacial score (nSPS) is 11.1. The second kappa shape index (κ2) is 9.17. The minimum Gasteiger partial charge on any atom is -0.352 e. The van der Waals surface area contributed by atoms with E-state index in [9.17, 15) is 4.39 Å². The van der Waals surface area contributed by atoms with Gasteiger partial charge in [-0.2, -0.15) is 0 Å². The van der Waals surface area contributed by atoms with Gasteiger partial charge in [0.05, 0.1) is 17.2 Å². The highest BCUT2D eigenvalue weighted by molar-refractivity contribution is 14.0. The van der Waals surface area contributed by atoms with Crippen LogP contribution >= 0.6 is 35.3 Å². The molecule has 0 unspecified atom stereocenters. The van der Waals surface area contributed by atoms with Crippen molar-refractivity contribution in [1.29, 1.82) is 0 Å². The second-order valence-corrected chi connectivity index (χ2v) is 6.26. The third kappa shape index (κ3) is 5.72. The number of aromatic nitrogens is 1. The molecular formula is C16H22FIN4S. The minimum atomic E-state index is -0.177. The lowest BCUT2D eigenvalue weighted by molar-refractivity contribution is 0.470. The predicted molar refractivity (Wildman–Crippen MR) is 105 cm³/mol. The maximum atomic E-state index is 13.3. The van der Waals surface area contributed by atoms with E-state index in [-0.39, 0.29) is 29.8 Å². The molecule has 1 aromatic carbocycles. The highest BCUT2D eigenvalue weighted by atomic mass is 127. The summed E-state index contributed by atoms with van der Waals surface area (Å²) in [6.45, 7) is 5.07. The molecular weight excluding hydrogens is 426 g/mol. The molecule has 0 aliphatic heterocycles. The Morgan fingerprint density at radius 1 is 1.39 bits per heavy atom. The summed E-state index contributed by atoms with van der Waals surface area (Å²) >= 11 is 1.65. The van der Waals surface area contributed by atoms with Crippen LogP contribution < -0.4 is 5.32 Å². The van der Waals surface area contributed by atoms with E-state index in [0.29, 0.717) is 18.7 Å². The molecule has 0 aliphatic carbocycles. The number of nitrogens with zero attached hydrogens (tertiary/aromatic N) is 3. The van der Waals surface area contributed by atoms with E-state index in [4.69, 9.17) is 0 Å². The fourth-order valence-electron chi connectivity index (χ4n) is 2.18. The topological polar surface area (TPSA) is 40.5 Å². The summed E-state index contributed by atoms with van der Waals surface area (Å²) in [6.07, 6.45) is 0. The smallest absolute Gasteiger partial charge is 0.194 e. The monoisotopic (exact) mass is 448 g/mol. The summed E-state index contributed by atoms with van der Waals surface area (Å²) in [5, 5.41) is 6.41. The lowest BCUT2D eigenvalue weighted by Gasteiger charge is -2.21. The van der Waals surface area contributed by atoms with Crippen LogP contribution in [0.1, 0.15) is 21.8 Å². The molecule has 126 valence electrons. The molecule has 23 heavy (non-hydrogen) atoms. The average Bonchev–Trinajstić information content (AvgIpc) is 2.88. The Labute approximate surface area is 157 Å². The van der Waals surface area contributed by atoms with E-state index in [1.54, 1.807) is 31.4 Å². The summed E-state index contributed by atoms with van der Waals surface area (Å²) < 4.78 is 13.3. The highest BCUT2D eigenvalue weighted by Crippen LogP contribution is 2.11. The summed E-state index contributed by atoms with van der Waals surface area (Å²) in [5.41, 5.74) is 2.71. The van der Waals surface area contributed by atoms with Crippen molar-refractivity contribution in [3.63, 3.8) is 0 Å². The molecule has 4 nitrogen and oxygen atoms in total. The summed E-state index contributed by atoms with van der Waals surface area (Å²) in [4.78, 5) is 10.8. The van der Waals surface area contributed by atoms with Gasteiger partial charge in [0.2, 0.25) is 0 Å². The van der Waals surface area contributed by atoms with Crippen LogP contribution in [0.5, 0.6) is 0 Å². The van der Waals surface area contributed by atoms with Crippen LogP contribution in [0.2, 0.25) is 0 Å².